The fourth-order valence-electron chi connectivity index (χ4n) is 4.54. The van der Waals surface area contributed by atoms with Crippen molar-refractivity contribution in [3.63, 3.8) is 0 Å². The molecule has 1 N–H and O–H groups in total. The molecule has 6 rings (SSSR count). The van der Waals surface area contributed by atoms with E-state index in [1.807, 2.05) is 6.07 Å². The molecule has 0 unspecified atom stereocenters. The fraction of sp³-hybridized carbons (Fsp3) is 0.185. The summed E-state index contributed by atoms with van der Waals surface area (Å²) in [5.74, 6) is 0. The molecule has 1 saturated carbocycles. The first kappa shape index (κ1) is 22.8. The molecule has 0 saturated heterocycles. The van der Waals surface area contributed by atoms with E-state index in [1.165, 1.54) is 11.0 Å². The number of anilines is 1. The van der Waals surface area contributed by atoms with Crippen molar-refractivity contribution in [2.24, 2.45) is 0 Å². The number of benzene rings is 2. The number of imidazole rings is 1. The second kappa shape index (κ2) is 8.78. The van der Waals surface area contributed by atoms with Gasteiger partial charge in [0.25, 0.3) is 0 Å². The number of alkyl halides is 3. The Hall–Kier alpha value is -4.65. The molecule has 0 atom stereocenters. The number of nitrogens with zero attached hydrogens (tertiary/aromatic N) is 6. The summed E-state index contributed by atoms with van der Waals surface area (Å²) in [6.07, 6.45) is 4.77. The zero-order chi connectivity index (χ0) is 25.6. The van der Waals surface area contributed by atoms with Gasteiger partial charge >= 0.3 is 6.18 Å². The second-order valence-corrected chi connectivity index (χ2v) is 8.95. The van der Waals surface area contributed by atoms with Crippen LogP contribution in [-0.2, 0) is 6.18 Å². The van der Waals surface area contributed by atoms with Crippen LogP contribution in [0.4, 0.5) is 18.9 Å². The van der Waals surface area contributed by atoms with Gasteiger partial charge in [-0.15, -0.1) is 0 Å². The number of aromatic nitrogens is 5. The SMILES string of the molecule is N#Cc1ccc(-n2nc(C(F)(F)F)c3c(-n4cnc(-c5cccnc5)c4)cccc32)c(NC2CCC2)c1. The van der Waals surface area contributed by atoms with Gasteiger partial charge in [-0.25, -0.2) is 9.67 Å². The maximum Gasteiger partial charge on any atom is 0.435 e. The summed E-state index contributed by atoms with van der Waals surface area (Å²) in [5, 5.41) is 16.8. The first-order valence-corrected chi connectivity index (χ1v) is 11.8. The van der Waals surface area contributed by atoms with E-state index in [0.717, 1.165) is 24.8 Å². The van der Waals surface area contributed by atoms with Gasteiger partial charge < -0.3 is 9.88 Å². The third-order valence-electron chi connectivity index (χ3n) is 6.59. The van der Waals surface area contributed by atoms with E-state index in [2.05, 4.69) is 26.5 Å². The fourth-order valence-corrected chi connectivity index (χ4v) is 4.54. The third kappa shape index (κ3) is 4.08. The lowest BCUT2D eigenvalue weighted by Crippen LogP contribution is -2.27. The first-order valence-electron chi connectivity index (χ1n) is 11.8. The minimum absolute atomic E-state index is 0.0379. The molecule has 1 aliphatic rings. The van der Waals surface area contributed by atoms with Crippen LogP contribution in [-0.4, -0.2) is 30.4 Å². The van der Waals surface area contributed by atoms with Crippen LogP contribution in [0.5, 0.6) is 0 Å². The Morgan fingerprint density at radius 3 is 2.62 bits per heavy atom. The number of halogens is 3. The summed E-state index contributed by atoms with van der Waals surface area (Å²) in [6, 6.07) is 15.7. The molecule has 0 radical (unpaired) electrons. The van der Waals surface area contributed by atoms with E-state index in [4.69, 9.17) is 0 Å². The molecule has 3 heterocycles. The zero-order valence-corrected chi connectivity index (χ0v) is 19.4. The molecule has 0 amide bonds. The highest BCUT2D eigenvalue weighted by Gasteiger charge is 2.38. The van der Waals surface area contributed by atoms with Gasteiger partial charge in [-0.3, -0.25) is 4.98 Å². The smallest absolute Gasteiger partial charge is 0.381 e. The zero-order valence-electron chi connectivity index (χ0n) is 19.4. The highest BCUT2D eigenvalue weighted by molar-refractivity contribution is 5.92. The van der Waals surface area contributed by atoms with Crippen molar-refractivity contribution in [3.05, 3.63) is 84.7 Å². The summed E-state index contributed by atoms with van der Waals surface area (Å²) in [6.45, 7) is 0. The number of hydrogen-bond acceptors (Lipinski definition) is 5. The molecular formula is C27H20F3N7. The predicted molar refractivity (Wildman–Crippen MR) is 132 cm³/mol. The quantitative estimate of drug-likeness (QED) is 0.315. The van der Waals surface area contributed by atoms with Crippen LogP contribution in [0.2, 0.25) is 0 Å². The van der Waals surface area contributed by atoms with Gasteiger partial charge in [0.15, 0.2) is 5.69 Å². The molecule has 10 heteroatoms. The minimum Gasteiger partial charge on any atom is -0.381 e. The summed E-state index contributed by atoms with van der Waals surface area (Å²) in [7, 11) is 0. The maximum atomic E-state index is 14.3. The monoisotopic (exact) mass is 499 g/mol. The first-order chi connectivity index (χ1) is 17.9. The molecular weight excluding hydrogens is 479 g/mol. The minimum atomic E-state index is -4.69. The Bertz CT molecular complexity index is 1640. The predicted octanol–water partition coefficient (Wildman–Crippen LogP) is 6.13. The second-order valence-electron chi connectivity index (χ2n) is 8.95. The Morgan fingerprint density at radius 2 is 1.92 bits per heavy atom. The highest BCUT2D eigenvalue weighted by Crippen LogP contribution is 2.39. The van der Waals surface area contributed by atoms with Crippen LogP contribution in [0.15, 0.2) is 73.4 Å². The van der Waals surface area contributed by atoms with Gasteiger partial charge in [0.05, 0.1) is 51.6 Å². The van der Waals surface area contributed by atoms with Crippen LogP contribution >= 0.6 is 0 Å². The summed E-state index contributed by atoms with van der Waals surface area (Å²) in [4.78, 5) is 8.47. The van der Waals surface area contributed by atoms with E-state index in [9.17, 15) is 18.4 Å². The van der Waals surface area contributed by atoms with Crippen molar-refractivity contribution in [2.75, 3.05) is 5.32 Å². The molecule has 184 valence electrons. The summed E-state index contributed by atoms with van der Waals surface area (Å²) in [5.41, 5.74) is 2.39. The van der Waals surface area contributed by atoms with Gasteiger partial charge in [0.2, 0.25) is 0 Å². The normalized spacial score (nSPS) is 13.9. The van der Waals surface area contributed by atoms with Crippen LogP contribution in [0.1, 0.15) is 30.5 Å². The lowest BCUT2D eigenvalue weighted by molar-refractivity contribution is -0.140. The Kier molecular flexibility index (Phi) is 5.41. The number of fused-ring (bicyclic) bond motifs is 1. The van der Waals surface area contributed by atoms with E-state index in [1.54, 1.807) is 65.6 Å². The number of pyridine rings is 1. The molecule has 3 aromatic heterocycles. The molecule has 7 nitrogen and oxygen atoms in total. The molecule has 0 aliphatic heterocycles. The van der Waals surface area contributed by atoms with Crippen molar-refractivity contribution in [3.8, 4) is 28.7 Å². The molecule has 0 bridgehead atoms. The van der Waals surface area contributed by atoms with Gasteiger partial charge in [-0.2, -0.15) is 23.5 Å². The van der Waals surface area contributed by atoms with E-state index in [0.29, 0.717) is 33.8 Å². The number of nitrogens with one attached hydrogen (secondary N) is 1. The number of nitriles is 1. The van der Waals surface area contributed by atoms with Crippen molar-refractivity contribution in [1.29, 1.82) is 5.26 Å². The Labute approximate surface area is 209 Å². The summed E-state index contributed by atoms with van der Waals surface area (Å²) >= 11 is 0. The lowest BCUT2D eigenvalue weighted by atomic mass is 9.93. The topological polar surface area (TPSA) is 84.3 Å². The van der Waals surface area contributed by atoms with Crippen molar-refractivity contribution < 1.29 is 13.2 Å². The maximum absolute atomic E-state index is 14.3. The Morgan fingerprint density at radius 1 is 1.05 bits per heavy atom. The Balaban J connectivity index is 1.55. The third-order valence-corrected chi connectivity index (χ3v) is 6.59. The molecule has 2 aromatic carbocycles. The highest BCUT2D eigenvalue weighted by atomic mass is 19.4. The standard InChI is InChI=1S/C27H20F3N7/c28-27(29,30)26-25-23(36-15-21(33-16-36)18-4-3-11-32-14-18)7-2-8-24(25)37(35-26)22-10-9-17(13-31)12-20(22)34-19-5-1-6-19/h2-4,7-12,14-16,19,34H,1,5-6H2. The van der Waals surface area contributed by atoms with Crippen molar-refractivity contribution in [1.82, 2.24) is 24.3 Å². The van der Waals surface area contributed by atoms with Crippen molar-refractivity contribution >= 4 is 16.6 Å². The van der Waals surface area contributed by atoms with E-state index >= 15 is 0 Å². The van der Waals surface area contributed by atoms with Crippen LogP contribution in [0, 0.1) is 11.3 Å². The lowest BCUT2D eigenvalue weighted by Gasteiger charge is -2.28. The summed E-state index contributed by atoms with van der Waals surface area (Å²) < 4.78 is 45.9. The van der Waals surface area contributed by atoms with Crippen LogP contribution in [0.3, 0.4) is 0 Å². The van der Waals surface area contributed by atoms with E-state index < -0.39 is 11.9 Å². The molecule has 1 aliphatic carbocycles. The van der Waals surface area contributed by atoms with Crippen molar-refractivity contribution in [2.45, 2.75) is 31.5 Å². The van der Waals surface area contributed by atoms with Gasteiger partial charge in [0.1, 0.15) is 0 Å². The van der Waals surface area contributed by atoms with Crippen LogP contribution < -0.4 is 5.32 Å². The molecule has 1 fully saturated rings. The number of rotatable bonds is 5. The molecule has 0 spiro atoms. The largest absolute Gasteiger partial charge is 0.435 e. The number of hydrogen-bond donors (Lipinski definition) is 1. The van der Waals surface area contributed by atoms with Gasteiger partial charge in [-0.1, -0.05) is 6.07 Å². The van der Waals surface area contributed by atoms with Gasteiger partial charge in [0, 0.05) is 30.2 Å². The molecule has 5 aromatic rings. The van der Waals surface area contributed by atoms with E-state index in [-0.39, 0.29) is 11.4 Å². The van der Waals surface area contributed by atoms with Crippen LogP contribution in [0.25, 0.3) is 33.5 Å². The van der Waals surface area contributed by atoms with Gasteiger partial charge in [-0.05, 0) is 61.7 Å². The average molecular weight is 500 g/mol. The molecule has 37 heavy (non-hydrogen) atoms. The average Bonchev–Trinajstić information content (AvgIpc) is 3.52.